The van der Waals surface area contributed by atoms with Gasteiger partial charge in [-0.25, -0.2) is 8.78 Å². The number of hydrogen-bond acceptors (Lipinski definition) is 3. The van der Waals surface area contributed by atoms with Crippen molar-refractivity contribution >= 4 is 0 Å². The lowest BCUT2D eigenvalue weighted by atomic mass is 10.2. The highest BCUT2D eigenvalue weighted by Crippen LogP contribution is 2.13. The molecule has 20 heavy (non-hydrogen) atoms. The molecule has 1 fully saturated rings. The first-order valence-corrected chi connectivity index (χ1v) is 7.28. The zero-order valence-electron chi connectivity index (χ0n) is 11.8. The molecule has 1 saturated heterocycles. The van der Waals surface area contributed by atoms with E-state index in [1.54, 1.807) is 6.07 Å². The molecule has 1 aliphatic rings. The van der Waals surface area contributed by atoms with Gasteiger partial charge in [-0.3, -0.25) is 4.90 Å². The average molecular weight is 283 g/mol. The third kappa shape index (κ3) is 4.51. The second kappa shape index (κ2) is 7.67. The summed E-state index contributed by atoms with van der Waals surface area (Å²) in [4.78, 5) is 4.73. The molecule has 0 aliphatic carbocycles. The van der Waals surface area contributed by atoms with Crippen molar-refractivity contribution in [1.29, 1.82) is 0 Å². The molecule has 0 aromatic heterocycles. The highest BCUT2D eigenvalue weighted by atomic mass is 19.2. The minimum Gasteiger partial charge on any atom is -0.330 e. The summed E-state index contributed by atoms with van der Waals surface area (Å²) in [5.74, 6) is -1.54. The van der Waals surface area contributed by atoms with Gasteiger partial charge in [-0.15, -0.1) is 0 Å². The van der Waals surface area contributed by atoms with Gasteiger partial charge in [0.25, 0.3) is 0 Å². The number of nitrogens with two attached hydrogens (primary N) is 1. The molecule has 112 valence electrons. The Morgan fingerprint density at radius 1 is 1.00 bits per heavy atom. The van der Waals surface area contributed by atoms with E-state index in [9.17, 15) is 8.78 Å². The first kappa shape index (κ1) is 15.4. The summed E-state index contributed by atoms with van der Waals surface area (Å²) in [7, 11) is 0. The maximum atomic E-state index is 13.2. The van der Waals surface area contributed by atoms with Gasteiger partial charge in [0.1, 0.15) is 0 Å². The fourth-order valence-electron chi connectivity index (χ4n) is 2.62. The van der Waals surface area contributed by atoms with E-state index in [0.29, 0.717) is 6.54 Å². The van der Waals surface area contributed by atoms with Gasteiger partial charge in [0.05, 0.1) is 0 Å². The lowest BCUT2D eigenvalue weighted by molar-refractivity contribution is 0.250. The Labute approximate surface area is 119 Å². The molecule has 3 nitrogen and oxygen atoms in total. The van der Waals surface area contributed by atoms with Crippen molar-refractivity contribution in [3.63, 3.8) is 0 Å². The minimum absolute atomic E-state index is 0.682. The number of nitrogens with zero attached hydrogens (tertiary/aromatic N) is 2. The molecule has 5 heteroatoms. The highest BCUT2D eigenvalue weighted by molar-refractivity contribution is 5.17. The van der Waals surface area contributed by atoms with Crippen LogP contribution in [0.1, 0.15) is 18.4 Å². The zero-order chi connectivity index (χ0) is 14.4. The Bertz CT molecular complexity index is 426. The predicted octanol–water partition coefficient (Wildman–Crippen LogP) is 1.82. The van der Waals surface area contributed by atoms with Gasteiger partial charge in [-0.05, 0) is 56.7 Å². The SMILES string of the molecule is NCCCN1CCCN(Cc2ccc(F)c(F)c2)CC1. The van der Waals surface area contributed by atoms with Crippen LogP contribution in [0.25, 0.3) is 0 Å². The Morgan fingerprint density at radius 2 is 1.75 bits per heavy atom. The molecular weight excluding hydrogens is 260 g/mol. The normalized spacial score (nSPS) is 18.1. The smallest absolute Gasteiger partial charge is 0.159 e. The maximum Gasteiger partial charge on any atom is 0.159 e. The van der Waals surface area contributed by atoms with Crippen molar-refractivity contribution in [2.45, 2.75) is 19.4 Å². The van der Waals surface area contributed by atoms with Crippen molar-refractivity contribution in [2.75, 3.05) is 39.3 Å². The van der Waals surface area contributed by atoms with E-state index < -0.39 is 11.6 Å². The molecule has 0 unspecified atom stereocenters. The van der Waals surface area contributed by atoms with Crippen molar-refractivity contribution < 1.29 is 8.78 Å². The third-order valence-corrected chi connectivity index (χ3v) is 3.75. The van der Waals surface area contributed by atoms with Gasteiger partial charge in [0.15, 0.2) is 11.6 Å². The molecule has 0 radical (unpaired) electrons. The fraction of sp³-hybridized carbons (Fsp3) is 0.600. The second-order valence-electron chi connectivity index (χ2n) is 5.36. The molecule has 1 aromatic carbocycles. The summed E-state index contributed by atoms with van der Waals surface area (Å²) in [6.07, 6.45) is 2.14. The quantitative estimate of drug-likeness (QED) is 0.894. The van der Waals surface area contributed by atoms with E-state index in [0.717, 1.165) is 57.7 Å². The van der Waals surface area contributed by atoms with E-state index in [1.165, 1.54) is 12.1 Å². The summed E-state index contributed by atoms with van der Waals surface area (Å²) < 4.78 is 26.1. The molecule has 0 saturated carbocycles. The van der Waals surface area contributed by atoms with Crippen LogP contribution in [0.15, 0.2) is 18.2 Å². The summed E-state index contributed by atoms with van der Waals surface area (Å²) in [6, 6.07) is 4.16. The van der Waals surface area contributed by atoms with Gasteiger partial charge >= 0.3 is 0 Å². The minimum atomic E-state index is -0.780. The van der Waals surface area contributed by atoms with E-state index in [2.05, 4.69) is 9.80 Å². The summed E-state index contributed by atoms with van der Waals surface area (Å²) in [5, 5.41) is 0. The lowest BCUT2D eigenvalue weighted by Crippen LogP contribution is -2.31. The summed E-state index contributed by atoms with van der Waals surface area (Å²) in [6.45, 7) is 6.53. The molecule has 0 spiro atoms. The largest absolute Gasteiger partial charge is 0.330 e. The maximum absolute atomic E-state index is 13.2. The van der Waals surface area contributed by atoms with Crippen LogP contribution in [0.5, 0.6) is 0 Å². The van der Waals surface area contributed by atoms with E-state index >= 15 is 0 Å². The zero-order valence-corrected chi connectivity index (χ0v) is 11.8. The fourth-order valence-corrected chi connectivity index (χ4v) is 2.62. The predicted molar refractivity (Wildman–Crippen MR) is 76.4 cm³/mol. The second-order valence-corrected chi connectivity index (χ2v) is 5.36. The molecule has 0 atom stereocenters. The third-order valence-electron chi connectivity index (χ3n) is 3.75. The topological polar surface area (TPSA) is 32.5 Å². The van der Waals surface area contributed by atoms with Crippen LogP contribution in [-0.2, 0) is 6.54 Å². The molecule has 0 amide bonds. The Balaban J connectivity index is 1.85. The molecule has 2 rings (SSSR count). The summed E-state index contributed by atoms with van der Waals surface area (Å²) >= 11 is 0. The number of hydrogen-bond donors (Lipinski definition) is 1. The molecule has 1 heterocycles. The van der Waals surface area contributed by atoms with Crippen LogP contribution >= 0.6 is 0 Å². The molecular formula is C15H23F2N3. The average Bonchev–Trinajstić information content (AvgIpc) is 2.66. The van der Waals surface area contributed by atoms with Crippen molar-refractivity contribution in [2.24, 2.45) is 5.73 Å². The first-order chi connectivity index (χ1) is 9.69. The molecule has 1 aromatic rings. The molecule has 2 N–H and O–H groups in total. The van der Waals surface area contributed by atoms with Gasteiger partial charge in [0.2, 0.25) is 0 Å². The number of halogens is 2. The molecule has 0 bridgehead atoms. The monoisotopic (exact) mass is 283 g/mol. The first-order valence-electron chi connectivity index (χ1n) is 7.28. The van der Waals surface area contributed by atoms with Crippen molar-refractivity contribution in [3.05, 3.63) is 35.4 Å². The molecule has 1 aliphatic heterocycles. The lowest BCUT2D eigenvalue weighted by Gasteiger charge is -2.21. The summed E-state index contributed by atoms with van der Waals surface area (Å²) in [5.41, 5.74) is 6.37. The van der Waals surface area contributed by atoms with Gasteiger partial charge in [-0.1, -0.05) is 6.07 Å². The van der Waals surface area contributed by atoms with Crippen LogP contribution in [0.2, 0.25) is 0 Å². The van der Waals surface area contributed by atoms with E-state index in [1.807, 2.05) is 0 Å². The van der Waals surface area contributed by atoms with Gasteiger partial charge < -0.3 is 10.6 Å². The highest BCUT2D eigenvalue weighted by Gasteiger charge is 2.15. The van der Waals surface area contributed by atoms with E-state index in [-0.39, 0.29) is 0 Å². The van der Waals surface area contributed by atoms with E-state index in [4.69, 9.17) is 5.73 Å². The van der Waals surface area contributed by atoms with Crippen molar-refractivity contribution in [3.8, 4) is 0 Å². The Morgan fingerprint density at radius 3 is 2.50 bits per heavy atom. The number of rotatable bonds is 5. The van der Waals surface area contributed by atoms with Crippen LogP contribution in [0.3, 0.4) is 0 Å². The van der Waals surface area contributed by atoms with Crippen LogP contribution in [-0.4, -0.2) is 49.1 Å². The Kier molecular flexibility index (Phi) is 5.88. The Hall–Kier alpha value is -1.04. The van der Waals surface area contributed by atoms with Crippen LogP contribution in [0.4, 0.5) is 8.78 Å². The van der Waals surface area contributed by atoms with Crippen LogP contribution < -0.4 is 5.73 Å². The van der Waals surface area contributed by atoms with Gasteiger partial charge in [-0.2, -0.15) is 0 Å². The van der Waals surface area contributed by atoms with Crippen molar-refractivity contribution in [1.82, 2.24) is 9.80 Å². The van der Waals surface area contributed by atoms with Gasteiger partial charge in [0, 0.05) is 19.6 Å². The standard InChI is InChI=1S/C15H23F2N3/c16-14-4-3-13(11-15(14)17)12-20-8-2-7-19(9-10-20)6-1-5-18/h3-4,11H,1-2,5-10,12,18H2. The number of benzene rings is 1. The van der Waals surface area contributed by atoms with Crippen LogP contribution in [0, 0.1) is 11.6 Å².